The molecule has 0 saturated carbocycles. The summed E-state index contributed by atoms with van der Waals surface area (Å²) in [6.07, 6.45) is 24.4. The molecular weight excluding hydrogens is 356 g/mol. The molecule has 0 spiro atoms. The molecule has 0 saturated heterocycles. The van der Waals surface area contributed by atoms with Gasteiger partial charge in [0.2, 0.25) is 0 Å². The first-order valence-corrected chi connectivity index (χ1v) is 11.7. The van der Waals surface area contributed by atoms with Gasteiger partial charge in [-0.15, -0.1) is 10.1 Å². The minimum absolute atomic E-state index is 0.787. The quantitative estimate of drug-likeness (QED) is 0.132. The third kappa shape index (κ3) is 32.8. The summed E-state index contributed by atoms with van der Waals surface area (Å²) in [6.45, 7) is 6.20. The molecule has 6 nitrogen and oxygen atoms in total. The molecule has 28 heavy (non-hydrogen) atoms. The zero-order valence-corrected chi connectivity index (χ0v) is 19.0. The van der Waals surface area contributed by atoms with Crippen LogP contribution in [-0.2, 0) is 4.84 Å². The Bertz CT molecular complexity index is 300. The van der Waals surface area contributed by atoms with Crippen LogP contribution in [0.3, 0.4) is 0 Å². The van der Waals surface area contributed by atoms with E-state index in [0.29, 0.717) is 0 Å². The third-order valence-corrected chi connectivity index (χ3v) is 4.93. The molecule has 0 aliphatic rings. The van der Waals surface area contributed by atoms with Crippen LogP contribution >= 0.6 is 0 Å². The molecule has 0 aromatic rings. The predicted octanol–water partition coefficient (Wildman–Crippen LogP) is 7.17. The van der Waals surface area contributed by atoms with Crippen LogP contribution in [0.1, 0.15) is 123 Å². The van der Waals surface area contributed by atoms with Gasteiger partial charge in [0, 0.05) is 13.6 Å². The Morgan fingerprint density at radius 3 is 1.29 bits per heavy atom. The molecule has 6 heteroatoms. The van der Waals surface area contributed by atoms with E-state index >= 15 is 0 Å². The van der Waals surface area contributed by atoms with Crippen molar-refractivity contribution >= 4 is 0 Å². The molecule has 0 aromatic carbocycles. The molecule has 0 rings (SSSR count). The van der Waals surface area contributed by atoms with E-state index in [9.17, 15) is 0 Å². The first-order valence-electron chi connectivity index (χ1n) is 11.7. The van der Waals surface area contributed by atoms with Gasteiger partial charge in [0.1, 0.15) is 0 Å². The summed E-state index contributed by atoms with van der Waals surface area (Å²) in [6, 6.07) is 0. The zero-order valence-electron chi connectivity index (χ0n) is 19.0. The summed E-state index contributed by atoms with van der Waals surface area (Å²) >= 11 is 0. The summed E-state index contributed by atoms with van der Waals surface area (Å²) < 4.78 is 0. The maximum atomic E-state index is 8.36. The summed E-state index contributed by atoms with van der Waals surface area (Å²) in [4.78, 5) is 13.8. The Labute approximate surface area is 174 Å². The largest absolute Gasteiger partial charge is 0.328 e. The highest BCUT2D eigenvalue weighted by molar-refractivity contribution is 4.50. The van der Waals surface area contributed by atoms with Crippen molar-refractivity contribution in [3.63, 3.8) is 0 Å². The van der Waals surface area contributed by atoms with E-state index in [4.69, 9.17) is 20.2 Å². The minimum atomic E-state index is -1.50. The summed E-state index contributed by atoms with van der Waals surface area (Å²) in [5, 5.41) is 15.6. The van der Waals surface area contributed by atoms with E-state index in [1.54, 1.807) is 0 Å². The molecule has 0 aliphatic carbocycles. The molecule has 0 unspecified atom stereocenters. The molecule has 1 N–H and O–H groups in total. The highest BCUT2D eigenvalue weighted by Gasteiger charge is 1.97. The summed E-state index contributed by atoms with van der Waals surface area (Å²) in [7, 11) is 2.04. The molecular formula is C22H48N2O4. The smallest absolute Gasteiger partial charge is 0.291 e. The van der Waals surface area contributed by atoms with Crippen molar-refractivity contribution in [2.24, 2.45) is 0 Å². The van der Waals surface area contributed by atoms with Crippen LogP contribution in [0.5, 0.6) is 0 Å². The van der Waals surface area contributed by atoms with Crippen LogP contribution in [0.25, 0.3) is 0 Å². The van der Waals surface area contributed by atoms with Gasteiger partial charge >= 0.3 is 0 Å². The highest BCUT2D eigenvalue weighted by Crippen LogP contribution is 2.14. The number of rotatable bonds is 20. The van der Waals surface area contributed by atoms with Crippen LogP contribution in [0.4, 0.5) is 0 Å². The van der Waals surface area contributed by atoms with E-state index in [-0.39, 0.29) is 0 Å². The number of hydrogen-bond acceptors (Lipinski definition) is 4. The normalized spacial score (nSPS) is 10.7. The van der Waals surface area contributed by atoms with Crippen molar-refractivity contribution in [1.29, 1.82) is 0 Å². The molecule has 170 valence electrons. The van der Waals surface area contributed by atoms with Gasteiger partial charge in [-0.25, -0.2) is 0 Å². The van der Waals surface area contributed by atoms with Crippen molar-refractivity contribution in [2.75, 3.05) is 20.2 Å². The standard InChI is InChI=1S/C22H47NO.HNO3/c1-4-6-7-8-9-10-11-12-13-14-15-16-17-18-19-20-21-22-23(3)24-5-2;2-1(3)4/h4-22H2,1-3H3;(H,2,3,4). The average molecular weight is 405 g/mol. The molecule has 0 atom stereocenters. The van der Waals surface area contributed by atoms with Gasteiger partial charge in [0.25, 0.3) is 5.09 Å². The van der Waals surface area contributed by atoms with E-state index in [2.05, 4.69) is 6.92 Å². The molecule has 0 aliphatic heterocycles. The van der Waals surface area contributed by atoms with E-state index in [1.165, 1.54) is 109 Å². The maximum absolute atomic E-state index is 8.36. The molecule has 0 bridgehead atoms. The zero-order chi connectivity index (χ0) is 21.3. The SMILES string of the molecule is CCCCCCCCCCCCCCCCCCCN(C)OCC.O=[N+]([O-])O. The maximum Gasteiger partial charge on any atom is 0.291 e. The van der Waals surface area contributed by atoms with Crippen LogP contribution in [0.2, 0.25) is 0 Å². The highest BCUT2D eigenvalue weighted by atomic mass is 16.9. The Morgan fingerprint density at radius 1 is 0.714 bits per heavy atom. The Hall–Kier alpha value is -0.880. The van der Waals surface area contributed by atoms with Crippen molar-refractivity contribution in [3.05, 3.63) is 10.1 Å². The molecule has 0 aromatic heterocycles. The van der Waals surface area contributed by atoms with E-state index in [0.717, 1.165) is 13.2 Å². The first kappa shape index (κ1) is 29.3. The van der Waals surface area contributed by atoms with Gasteiger partial charge in [-0.05, 0) is 13.3 Å². The molecule has 0 amide bonds. The molecule has 0 heterocycles. The van der Waals surface area contributed by atoms with Crippen LogP contribution in [0.15, 0.2) is 0 Å². The van der Waals surface area contributed by atoms with Crippen LogP contribution in [-0.4, -0.2) is 35.6 Å². The van der Waals surface area contributed by atoms with Crippen molar-refractivity contribution < 1.29 is 15.1 Å². The fourth-order valence-electron chi connectivity index (χ4n) is 3.34. The van der Waals surface area contributed by atoms with Crippen molar-refractivity contribution in [1.82, 2.24) is 5.06 Å². The monoisotopic (exact) mass is 404 g/mol. The second-order valence-electron chi connectivity index (χ2n) is 7.66. The van der Waals surface area contributed by atoms with E-state index < -0.39 is 5.09 Å². The first-order chi connectivity index (χ1) is 13.5. The van der Waals surface area contributed by atoms with Gasteiger partial charge in [0.05, 0.1) is 6.61 Å². The predicted molar refractivity (Wildman–Crippen MR) is 117 cm³/mol. The fourth-order valence-corrected chi connectivity index (χ4v) is 3.34. The summed E-state index contributed by atoms with van der Waals surface area (Å²) in [5.41, 5.74) is 0. The van der Waals surface area contributed by atoms with Gasteiger partial charge in [-0.3, -0.25) is 4.84 Å². The van der Waals surface area contributed by atoms with Gasteiger partial charge in [0.15, 0.2) is 0 Å². The van der Waals surface area contributed by atoms with Crippen LogP contribution < -0.4 is 0 Å². The lowest BCUT2D eigenvalue weighted by atomic mass is 10.0. The number of unbranched alkanes of at least 4 members (excludes halogenated alkanes) is 16. The topological polar surface area (TPSA) is 75.8 Å². The second-order valence-corrected chi connectivity index (χ2v) is 7.66. The number of hydrogen-bond donors (Lipinski definition) is 1. The second kappa shape index (κ2) is 26.1. The fraction of sp³-hybridized carbons (Fsp3) is 1.00. The Morgan fingerprint density at radius 2 is 1.00 bits per heavy atom. The summed E-state index contributed by atoms with van der Waals surface area (Å²) in [5.74, 6) is 0. The van der Waals surface area contributed by atoms with Crippen molar-refractivity contribution in [3.8, 4) is 0 Å². The Kier molecular flexibility index (Phi) is 27.4. The lowest BCUT2D eigenvalue weighted by Gasteiger charge is -2.14. The van der Waals surface area contributed by atoms with Gasteiger partial charge < -0.3 is 5.21 Å². The molecule has 0 radical (unpaired) electrons. The van der Waals surface area contributed by atoms with Gasteiger partial charge in [-0.1, -0.05) is 110 Å². The lowest BCUT2D eigenvalue weighted by molar-refractivity contribution is -0.742. The minimum Gasteiger partial charge on any atom is -0.328 e. The third-order valence-electron chi connectivity index (χ3n) is 4.93. The average Bonchev–Trinajstić information content (AvgIpc) is 2.64. The van der Waals surface area contributed by atoms with Crippen LogP contribution in [0, 0.1) is 10.1 Å². The molecule has 0 fully saturated rings. The van der Waals surface area contributed by atoms with E-state index in [1.807, 2.05) is 19.0 Å². The number of hydroxylamine groups is 2. The lowest BCUT2D eigenvalue weighted by Crippen LogP contribution is -2.19. The Balaban J connectivity index is 0. The van der Waals surface area contributed by atoms with Gasteiger partial charge in [-0.2, -0.15) is 5.06 Å². The van der Waals surface area contributed by atoms with Crippen molar-refractivity contribution in [2.45, 2.75) is 123 Å². The number of nitrogens with zero attached hydrogens (tertiary/aromatic N) is 2.